The van der Waals surface area contributed by atoms with Crippen molar-refractivity contribution >= 4 is 5.91 Å². The van der Waals surface area contributed by atoms with Gasteiger partial charge in [-0.15, -0.1) is 0 Å². The fraction of sp³-hybridized carbons (Fsp3) is 0.933. The van der Waals surface area contributed by atoms with Gasteiger partial charge in [0.15, 0.2) is 0 Å². The van der Waals surface area contributed by atoms with Gasteiger partial charge < -0.3 is 9.64 Å². The normalized spacial score (nSPS) is 25.1. The van der Waals surface area contributed by atoms with E-state index in [-0.39, 0.29) is 24.2 Å². The van der Waals surface area contributed by atoms with Crippen molar-refractivity contribution in [3.63, 3.8) is 0 Å². The van der Waals surface area contributed by atoms with E-state index in [1.165, 1.54) is 0 Å². The standard InChI is InChI=1S/C15H30N2O2/c1-5-7-9-13-15(18)17(12(3)10-11-19-4)14(16-13)8-6-2/h12-14,16H,5-11H2,1-4H3. The maximum atomic E-state index is 12.5. The predicted octanol–water partition coefficient (Wildman–Crippen LogP) is 2.53. The van der Waals surface area contributed by atoms with Crippen LogP contribution in [-0.4, -0.2) is 42.8 Å². The molecule has 1 saturated heterocycles. The predicted molar refractivity (Wildman–Crippen MR) is 77.9 cm³/mol. The molecule has 1 heterocycles. The third-order valence-corrected chi connectivity index (χ3v) is 3.91. The quantitative estimate of drug-likeness (QED) is 0.700. The molecule has 4 nitrogen and oxygen atoms in total. The van der Waals surface area contributed by atoms with Gasteiger partial charge in [-0.2, -0.15) is 0 Å². The van der Waals surface area contributed by atoms with E-state index in [1.54, 1.807) is 7.11 Å². The van der Waals surface area contributed by atoms with Crippen molar-refractivity contribution in [3.8, 4) is 0 Å². The first-order valence-electron chi connectivity index (χ1n) is 7.72. The number of nitrogens with zero attached hydrogens (tertiary/aromatic N) is 1. The van der Waals surface area contributed by atoms with E-state index < -0.39 is 0 Å². The number of amides is 1. The third-order valence-electron chi connectivity index (χ3n) is 3.91. The number of ether oxygens (including phenoxy) is 1. The zero-order chi connectivity index (χ0) is 14.3. The summed E-state index contributed by atoms with van der Waals surface area (Å²) in [6, 6.07) is 0.282. The molecule has 0 aromatic carbocycles. The molecule has 0 aliphatic carbocycles. The molecular weight excluding hydrogens is 240 g/mol. The van der Waals surface area contributed by atoms with Gasteiger partial charge in [-0.05, 0) is 26.2 Å². The van der Waals surface area contributed by atoms with Crippen LogP contribution in [0.25, 0.3) is 0 Å². The largest absolute Gasteiger partial charge is 0.385 e. The van der Waals surface area contributed by atoms with Gasteiger partial charge >= 0.3 is 0 Å². The smallest absolute Gasteiger partial charge is 0.241 e. The van der Waals surface area contributed by atoms with Crippen LogP contribution in [0.4, 0.5) is 0 Å². The molecule has 3 atom stereocenters. The Balaban J connectivity index is 2.65. The summed E-state index contributed by atoms with van der Waals surface area (Å²) in [5, 5.41) is 3.52. The van der Waals surface area contributed by atoms with Crippen LogP contribution < -0.4 is 5.32 Å². The summed E-state index contributed by atoms with van der Waals surface area (Å²) >= 11 is 0. The van der Waals surface area contributed by atoms with E-state index in [9.17, 15) is 4.79 Å². The summed E-state index contributed by atoms with van der Waals surface area (Å²) in [5.41, 5.74) is 0. The Morgan fingerprint density at radius 1 is 1.32 bits per heavy atom. The summed E-state index contributed by atoms with van der Waals surface area (Å²) in [6.07, 6.45) is 6.47. The molecule has 1 aliphatic heterocycles. The molecule has 0 aromatic heterocycles. The molecule has 1 fully saturated rings. The Morgan fingerprint density at radius 2 is 2.05 bits per heavy atom. The molecule has 1 aliphatic rings. The van der Waals surface area contributed by atoms with Crippen LogP contribution in [0.1, 0.15) is 59.3 Å². The average Bonchev–Trinajstić information content (AvgIpc) is 2.70. The van der Waals surface area contributed by atoms with E-state index in [2.05, 4.69) is 31.0 Å². The van der Waals surface area contributed by atoms with Crippen LogP contribution in [0.3, 0.4) is 0 Å². The average molecular weight is 270 g/mol. The first kappa shape index (κ1) is 16.4. The fourth-order valence-electron chi connectivity index (χ4n) is 2.78. The topological polar surface area (TPSA) is 41.6 Å². The molecule has 1 amide bonds. The minimum absolute atomic E-state index is 0.0292. The van der Waals surface area contributed by atoms with Crippen molar-refractivity contribution in [2.45, 2.75) is 77.5 Å². The van der Waals surface area contributed by atoms with Gasteiger partial charge in [0.05, 0.1) is 12.2 Å². The van der Waals surface area contributed by atoms with Crippen molar-refractivity contribution in [1.82, 2.24) is 10.2 Å². The molecule has 3 unspecified atom stereocenters. The van der Waals surface area contributed by atoms with Gasteiger partial charge in [0.2, 0.25) is 5.91 Å². The molecule has 1 rings (SSSR count). The number of hydrogen-bond acceptors (Lipinski definition) is 3. The number of methoxy groups -OCH3 is 1. The van der Waals surface area contributed by atoms with Gasteiger partial charge in [-0.1, -0.05) is 33.1 Å². The third kappa shape index (κ3) is 4.46. The minimum Gasteiger partial charge on any atom is -0.385 e. The number of hydrogen-bond donors (Lipinski definition) is 1. The van der Waals surface area contributed by atoms with E-state index >= 15 is 0 Å². The maximum Gasteiger partial charge on any atom is 0.241 e. The molecule has 0 radical (unpaired) electrons. The van der Waals surface area contributed by atoms with E-state index in [1.807, 2.05) is 0 Å². The SMILES string of the molecule is CCCCC1NC(CCC)N(C(C)CCOC)C1=O. The van der Waals surface area contributed by atoms with Crippen LogP contribution in [0, 0.1) is 0 Å². The highest BCUT2D eigenvalue weighted by atomic mass is 16.5. The summed E-state index contributed by atoms with van der Waals surface area (Å²) < 4.78 is 5.14. The lowest BCUT2D eigenvalue weighted by Crippen LogP contribution is -2.43. The van der Waals surface area contributed by atoms with Gasteiger partial charge in [0, 0.05) is 19.8 Å². The first-order chi connectivity index (χ1) is 9.15. The maximum absolute atomic E-state index is 12.5. The monoisotopic (exact) mass is 270 g/mol. The Bertz CT molecular complexity index is 271. The highest BCUT2D eigenvalue weighted by Crippen LogP contribution is 2.22. The molecule has 1 N–H and O–H groups in total. The molecule has 0 spiro atoms. The minimum atomic E-state index is 0.0292. The van der Waals surface area contributed by atoms with Crippen molar-refractivity contribution in [1.29, 1.82) is 0 Å². The summed E-state index contributed by atoms with van der Waals surface area (Å²) in [4.78, 5) is 14.6. The van der Waals surface area contributed by atoms with Crippen molar-refractivity contribution in [2.24, 2.45) is 0 Å². The summed E-state index contributed by atoms with van der Waals surface area (Å²) in [6.45, 7) is 7.18. The van der Waals surface area contributed by atoms with Gasteiger partial charge in [0.25, 0.3) is 0 Å². The second-order valence-corrected chi connectivity index (χ2v) is 5.54. The van der Waals surface area contributed by atoms with Gasteiger partial charge in [-0.3, -0.25) is 10.1 Å². The van der Waals surface area contributed by atoms with Crippen LogP contribution in [0.2, 0.25) is 0 Å². The number of unbranched alkanes of at least 4 members (excludes halogenated alkanes) is 1. The van der Waals surface area contributed by atoms with Gasteiger partial charge in [-0.25, -0.2) is 0 Å². The second-order valence-electron chi connectivity index (χ2n) is 5.54. The Kier molecular flexibility index (Phi) is 7.39. The lowest BCUT2D eigenvalue weighted by molar-refractivity contribution is -0.132. The lowest BCUT2D eigenvalue weighted by Gasteiger charge is -2.30. The molecule has 0 saturated carbocycles. The second kappa shape index (κ2) is 8.54. The number of rotatable bonds is 9. The van der Waals surface area contributed by atoms with Crippen molar-refractivity contribution in [3.05, 3.63) is 0 Å². The van der Waals surface area contributed by atoms with Gasteiger partial charge in [0.1, 0.15) is 0 Å². The molecule has 0 bridgehead atoms. The Labute approximate surface area is 117 Å². The van der Waals surface area contributed by atoms with Crippen molar-refractivity contribution < 1.29 is 9.53 Å². The first-order valence-corrected chi connectivity index (χ1v) is 7.72. The summed E-state index contributed by atoms with van der Waals surface area (Å²) in [7, 11) is 1.71. The van der Waals surface area contributed by atoms with Crippen LogP contribution in [0.15, 0.2) is 0 Å². The van der Waals surface area contributed by atoms with Crippen LogP contribution in [-0.2, 0) is 9.53 Å². The zero-order valence-electron chi connectivity index (χ0n) is 12.9. The van der Waals surface area contributed by atoms with Crippen LogP contribution in [0.5, 0.6) is 0 Å². The summed E-state index contributed by atoms with van der Waals surface area (Å²) in [5.74, 6) is 0.288. The van der Waals surface area contributed by atoms with E-state index in [4.69, 9.17) is 4.74 Å². The molecule has 4 heteroatoms. The van der Waals surface area contributed by atoms with E-state index in [0.717, 1.165) is 38.5 Å². The van der Waals surface area contributed by atoms with Crippen molar-refractivity contribution in [2.75, 3.05) is 13.7 Å². The Hall–Kier alpha value is -0.610. The lowest BCUT2D eigenvalue weighted by atomic mass is 10.1. The number of carbonyl (C=O) groups is 1. The fourth-order valence-corrected chi connectivity index (χ4v) is 2.78. The highest BCUT2D eigenvalue weighted by molar-refractivity contribution is 5.84. The number of carbonyl (C=O) groups excluding carboxylic acids is 1. The zero-order valence-corrected chi connectivity index (χ0v) is 12.9. The van der Waals surface area contributed by atoms with E-state index in [0.29, 0.717) is 6.61 Å². The number of nitrogens with one attached hydrogen (secondary N) is 1. The molecule has 0 aromatic rings. The van der Waals surface area contributed by atoms with Crippen LogP contribution >= 0.6 is 0 Å². The Morgan fingerprint density at radius 3 is 2.63 bits per heavy atom. The highest BCUT2D eigenvalue weighted by Gasteiger charge is 2.39. The molecular formula is C15H30N2O2. The molecule has 19 heavy (non-hydrogen) atoms. The molecule has 112 valence electrons.